The topological polar surface area (TPSA) is 56.7 Å². The molecule has 2 aliphatic heterocycles. The maximum absolute atomic E-state index is 6.09. The van der Waals surface area contributed by atoms with E-state index in [0.29, 0.717) is 19.1 Å². The van der Waals surface area contributed by atoms with Gasteiger partial charge in [-0.05, 0) is 51.7 Å². The van der Waals surface area contributed by atoms with Crippen LogP contribution >= 0.6 is 0 Å². The second-order valence-electron chi connectivity index (χ2n) is 7.26. The standard InChI is InChI=1S/C20H26N3O3Si/c1-14-10-17(11-15(2)21-14)26-13-27-9-6-23(12-27)16(3)18-4-5-19-20(22-18)25-8-7-24-19/h4-5,10-11,16H,6-9,12-13H2,1-3H3. The monoisotopic (exact) mass is 384 g/mol. The minimum atomic E-state index is -0.552. The summed E-state index contributed by atoms with van der Waals surface area (Å²) in [4.78, 5) is 11.6. The van der Waals surface area contributed by atoms with Crippen molar-refractivity contribution < 1.29 is 14.2 Å². The maximum Gasteiger partial charge on any atom is 0.257 e. The van der Waals surface area contributed by atoms with Crippen LogP contribution in [-0.2, 0) is 0 Å². The van der Waals surface area contributed by atoms with Crippen LogP contribution in [0.2, 0.25) is 6.04 Å². The molecule has 0 spiro atoms. The molecule has 1 saturated heterocycles. The first-order valence-corrected chi connectivity index (χ1v) is 11.6. The van der Waals surface area contributed by atoms with Crippen LogP contribution < -0.4 is 14.2 Å². The summed E-state index contributed by atoms with van der Waals surface area (Å²) in [6.45, 7) is 8.50. The first kappa shape index (κ1) is 18.2. The van der Waals surface area contributed by atoms with Gasteiger partial charge in [0.2, 0.25) is 0 Å². The predicted molar refractivity (Wildman–Crippen MR) is 105 cm³/mol. The predicted octanol–water partition coefficient (Wildman–Crippen LogP) is 2.89. The lowest BCUT2D eigenvalue weighted by atomic mass is 10.2. The Balaban J connectivity index is 1.34. The largest absolute Gasteiger partial charge is 0.497 e. The van der Waals surface area contributed by atoms with E-state index in [1.165, 1.54) is 6.04 Å². The first-order chi connectivity index (χ1) is 13.1. The van der Waals surface area contributed by atoms with E-state index >= 15 is 0 Å². The molecule has 1 radical (unpaired) electrons. The fraction of sp³-hybridized carbons (Fsp3) is 0.500. The van der Waals surface area contributed by atoms with Crippen LogP contribution in [0.25, 0.3) is 0 Å². The van der Waals surface area contributed by atoms with E-state index in [-0.39, 0.29) is 6.04 Å². The van der Waals surface area contributed by atoms with Gasteiger partial charge in [-0.25, -0.2) is 4.98 Å². The van der Waals surface area contributed by atoms with Gasteiger partial charge < -0.3 is 14.2 Å². The summed E-state index contributed by atoms with van der Waals surface area (Å²) in [7, 11) is -0.552. The lowest BCUT2D eigenvalue weighted by Gasteiger charge is -2.25. The molecule has 1 unspecified atom stereocenters. The van der Waals surface area contributed by atoms with Crippen LogP contribution in [0.1, 0.15) is 30.0 Å². The zero-order valence-electron chi connectivity index (χ0n) is 16.2. The number of ether oxygens (including phenoxy) is 3. The highest BCUT2D eigenvalue weighted by molar-refractivity contribution is 6.59. The van der Waals surface area contributed by atoms with Crippen LogP contribution in [0.4, 0.5) is 0 Å². The van der Waals surface area contributed by atoms with Crippen molar-refractivity contribution >= 4 is 8.80 Å². The number of hydrogen-bond donors (Lipinski definition) is 0. The Kier molecular flexibility index (Phi) is 5.31. The van der Waals surface area contributed by atoms with E-state index in [2.05, 4.69) is 27.9 Å². The molecule has 0 bridgehead atoms. The van der Waals surface area contributed by atoms with Gasteiger partial charge in [-0.15, -0.1) is 0 Å². The minimum absolute atomic E-state index is 0.272. The molecule has 0 aromatic carbocycles. The quantitative estimate of drug-likeness (QED) is 0.739. The molecule has 1 fully saturated rings. The molecule has 0 N–H and O–H groups in total. The average molecular weight is 385 g/mol. The third-order valence-electron chi connectivity index (χ3n) is 5.08. The molecule has 2 aliphatic rings. The van der Waals surface area contributed by atoms with Gasteiger partial charge in [0.05, 0.1) is 11.9 Å². The van der Waals surface area contributed by atoms with Gasteiger partial charge in [0, 0.05) is 29.6 Å². The summed E-state index contributed by atoms with van der Waals surface area (Å²) >= 11 is 0. The van der Waals surface area contributed by atoms with Gasteiger partial charge in [-0.2, -0.15) is 0 Å². The highest BCUT2D eigenvalue weighted by Crippen LogP contribution is 2.31. The number of rotatable bonds is 5. The molecule has 6 nitrogen and oxygen atoms in total. The second kappa shape index (κ2) is 7.86. The molecule has 4 rings (SSSR count). The van der Waals surface area contributed by atoms with E-state index in [0.717, 1.165) is 47.5 Å². The van der Waals surface area contributed by atoms with Gasteiger partial charge in [-0.3, -0.25) is 9.88 Å². The number of nitrogens with zero attached hydrogens (tertiary/aromatic N) is 3. The summed E-state index contributed by atoms with van der Waals surface area (Å²) in [6, 6.07) is 9.58. The van der Waals surface area contributed by atoms with Crippen LogP contribution in [-0.4, -0.2) is 55.8 Å². The van der Waals surface area contributed by atoms with Crippen molar-refractivity contribution in [3.05, 3.63) is 41.3 Å². The van der Waals surface area contributed by atoms with Crippen LogP contribution in [0.3, 0.4) is 0 Å². The molecule has 7 heteroatoms. The fourth-order valence-electron chi connectivity index (χ4n) is 3.63. The minimum Gasteiger partial charge on any atom is -0.497 e. The number of fused-ring (bicyclic) bond motifs is 1. The Hall–Kier alpha value is -2.12. The van der Waals surface area contributed by atoms with Gasteiger partial charge in [0.15, 0.2) is 5.75 Å². The van der Waals surface area contributed by atoms with Crippen molar-refractivity contribution in [2.75, 3.05) is 32.2 Å². The van der Waals surface area contributed by atoms with Crippen molar-refractivity contribution in [1.29, 1.82) is 0 Å². The molecule has 0 aliphatic carbocycles. The van der Waals surface area contributed by atoms with Gasteiger partial charge in [0.1, 0.15) is 27.8 Å². The summed E-state index contributed by atoms with van der Waals surface area (Å²) in [6.07, 6.45) is 1.95. The summed E-state index contributed by atoms with van der Waals surface area (Å²) < 4.78 is 17.3. The molecule has 0 saturated carbocycles. The number of pyridine rings is 2. The third-order valence-corrected chi connectivity index (χ3v) is 7.42. The molecule has 0 amide bonds. The summed E-state index contributed by atoms with van der Waals surface area (Å²) in [5.41, 5.74) is 3.06. The zero-order chi connectivity index (χ0) is 18.8. The second-order valence-corrected chi connectivity index (χ2v) is 9.86. The van der Waals surface area contributed by atoms with Gasteiger partial charge >= 0.3 is 0 Å². The summed E-state index contributed by atoms with van der Waals surface area (Å²) in [5.74, 6) is 2.32. The average Bonchev–Trinajstić information content (AvgIpc) is 3.14. The van der Waals surface area contributed by atoms with Crippen molar-refractivity contribution in [2.45, 2.75) is 32.9 Å². The van der Waals surface area contributed by atoms with Crippen LogP contribution in [0.15, 0.2) is 24.3 Å². The molecular weight excluding hydrogens is 358 g/mol. The SMILES string of the molecule is Cc1cc(OC[Si]2CCN(C(C)c3ccc4c(n3)OCCO4)C2)cc(C)n1. The van der Waals surface area contributed by atoms with Crippen LogP contribution in [0.5, 0.6) is 17.4 Å². The highest BCUT2D eigenvalue weighted by Gasteiger charge is 2.30. The van der Waals surface area contributed by atoms with E-state index in [1.54, 1.807) is 0 Å². The molecule has 2 aromatic heterocycles. The number of aryl methyl sites for hydroxylation is 2. The Bertz CT molecular complexity index is 797. The molecule has 2 aromatic rings. The van der Waals surface area contributed by atoms with Crippen molar-refractivity contribution in [3.63, 3.8) is 0 Å². The van der Waals surface area contributed by atoms with Crippen molar-refractivity contribution in [3.8, 4) is 17.4 Å². The van der Waals surface area contributed by atoms with E-state index in [1.807, 2.05) is 32.0 Å². The Morgan fingerprint density at radius 1 is 1.15 bits per heavy atom. The molecule has 27 heavy (non-hydrogen) atoms. The van der Waals surface area contributed by atoms with E-state index in [9.17, 15) is 0 Å². The molecule has 1 atom stereocenters. The normalized spacial score (nSPS) is 18.5. The maximum atomic E-state index is 6.09. The Labute approximate surface area is 162 Å². The van der Waals surface area contributed by atoms with Crippen molar-refractivity contribution in [1.82, 2.24) is 14.9 Å². The fourth-order valence-corrected chi connectivity index (χ4v) is 6.00. The van der Waals surface area contributed by atoms with Gasteiger partial charge in [-0.1, -0.05) is 0 Å². The zero-order valence-corrected chi connectivity index (χ0v) is 17.2. The van der Waals surface area contributed by atoms with E-state index < -0.39 is 8.80 Å². The lowest BCUT2D eigenvalue weighted by molar-refractivity contribution is 0.162. The van der Waals surface area contributed by atoms with E-state index in [4.69, 9.17) is 14.2 Å². The lowest BCUT2D eigenvalue weighted by Crippen LogP contribution is -2.31. The van der Waals surface area contributed by atoms with Crippen molar-refractivity contribution in [2.24, 2.45) is 0 Å². The molecule has 4 heterocycles. The smallest absolute Gasteiger partial charge is 0.257 e. The first-order valence-electron chi connectivity index (χ1n) is 9.51. The number of hydrogen-bond acceptors (Lipinski definition) is 6. The third kappa shape index (κ3) is 4.25. The Morgan fingerprint density at radius 2 is 1.93 bits per heavy atom. The molecule has 143 valence electrons. The number of aromatic nitrogens is 2. The summed E-state index contributed by atoms with van der Waals surface area (Å²) in [5, 5.41) is 0. The van der Waals surface area contributed by atoms with Gasteiger partial charge in [0.25, 0.3) is 5.88 Å². The Morgan fingerprint density at radius 3 is 2.74 bits per heavy atom. The van der Waals surface area contributed by atoms with Crippen LogP contribution in [0, 0.1) is 13.8 Å². The highest BCUT2D eigenvalue weighted by atomic mass is 28.3. The molecular formula is C20H26N3O3Si.